The Morgan fingerprint density at radius 1 is 0.548 bits per heavy atom. The van der Waals surface area contributed by atoms with E-state index in [-0.39, 0.29) is 12.3 Å². The largest absolute Gasteiger partial charge is 0.440 e. The van der Waals surface area contributed by atoms with Gasteiger partial charge in [-0.2, -0.15) is 0 Å². The predicted molar refractivity (Wildman–Crippen MR) is 173 cm³/mol. The van der Waals surface area contributed by atoms with Crippen LogP contribution in [-0.2, 0) is 0 Å². The minimum absolute atomic E-state index is 0.0877. The molecule has 0 fully saturated rings. The van der Waals surface area contributed by atoms with Crippen LogP contribution >= 0.6 is 0 Å². The quantitative estimate of drug-likeness (QED) is 0.234. The summed E-state index contributed by atoms with van der Waals surface area (Å²) in [6.45, 7) is 0. The van der Waals surface area contributed by atoms with Gasteiger partial charge in [-0.1, -0.05) is 109 Å². The number of furan rings is 1. The molecule has 4 nitrogen and oxygen atoms in total. The van der Waals surface area contributed by atoms with Gasteiger partial charge in [-0.15, -0.1) is 0 Å². The van der Waals surface area contributed by atoms with E-state index in [2.05, 4.69) is 143 Å². The van der Waals surface area contributed by atoms with E-state index in [9.17, 15) is 0 Å². The number of fused-ring (bicyclic) bond motifs is 7. The van der Waals surface area contributed by atoms with Gasteiger partial charge in [0.25, 0.3) is 0 Å². The molecule has 0 saturated heterocycles. The number of nitrogens with zero attached hydrogens (tertiary/aromatic N) is 1. The summed E-state index contributed by atoms with van der Waals surface area (Å²) in [6, 6.07) is 49.6. The first kappa shape index (κ1) is 23.4. The van der Waals surface area contributed by atoms with Crippen LogP contribution in [0.15, 0.2) is 144 Å². The Morgan fingerprint density at radius 2 is 1.26 bits per heavy atom. The van der Waals surface area contributed by atoms with Crippen molar-refractivity contribution in [3.05, 3.63) is 151 Å². The summed E-state index contributed by atoms with van der Waals surface area (Å²) in [5.41, 5.74) is 7.97. The summed E-state index contributed by atoms with van der Waals surface area (Å²) in [6.07, 6.45) is -0.244. The van der Waals surface area contributed by atoms with E-state index in [0.29, 0.717) is 0 Å². The molecule has 42 heavy (non-hydrogen) atoms. The molecular weight excluding hydrogens is 514 g/mol. The Balaban J connectivity index is 1.27. The average Bonchev–Trinajstić information content (AvgIpc) is 3.59. The van der Waals surface area contributed by atoms with Gasteiger partial charge in [-0.05, 0) is 57.8 Å². The van der Waals surface area contributed by atoms with E-state index in [1.165, 1.54) is 49.3 Å². The second-order valence-corrected chi connectivity index (χ2v) is 11.1. The number of aromatic nitrogens is 1. The second-order valence-electron chi connectivity index (χ2n) is 11.1. The molecule has 6 aromatic carbocycles. The smallest absolute Gasteiger partial charge is 0.202 e. The van der Waals surface area contributed by atoms with Gasteiger partial charge in [-0.3, -0.25) is 5.32 Å². The fourth-order valence-corrected chi connectivity index (χ4v) is 6.76. The Kier molecular flexibility index (Phi) is 5.07. The lowest BCUT2D eigenvalue weighted by atomic mass is 9.93. The van der Waals surface area contributed by atoms with Crippen LogP contribution in [0.4, 0.5) is 5.88 Å². The number of nitrogens with one attached hydrogen (secondary N) is 2. The first-order valence-electron chi connectivity index (χ1n) is 14.4. The molecule has 0 spiro atoms. The van der Waals surface area contributed by atoms with Crippen LogP contribution in [-0.4, -0.2) is 4.57 Å². The minimum Gasteiger partial charge on any atom is -0.440 e. The van der Waals surface area contributed by atoms with Gasteiger partial charge in [-0.25, -0.2) is 0 Å². The SMILES string of the molecule is c1ccc(-c2cccc(C3NC(n4c5ccccc5c5cc6ccccc6cc54)Nc4oc5ccccc5c43)c2)cc1. The van der Waals surface area contributed by atoms with Crippen LogP contribution in [0.25, 0.3) is 54.7 Å². The topological polar surface area (TPSA) is 42.1 Å². The monoisotopic (exact) mass is 541 g/mol. The molecule has 0 aliphatic carbocycles. The van der Waals surface area contributed by atoms with Crippen molar-refractivity contribution < 1.29 is 4.42 Å². The van der Waals surface area contributed by atoms with Crippen molar-refractivity contribution in [2.75, 3.05) is 5.32 Å². The summed E-state index contributed by atoms with van der Waals surface area (Å²) in [5.74, 6) is 0.807. The Bertz CT molecular complexity index is 2280. The van der Waals surface area contributed by atoms with E-state index in [1.807, 2.05) is 12.1 Å². The van der Waals surface area contributed by atoms with Crippen molar-refractivity contribution in [1.29, 1.82) is 0 Å². The maximum Gasteiger partial charge on any atom is 0.202 e. The highest BCUT2D eigenvalue weighted by Gasteiger charge is 2.34. The van der Waals surface area contributed by atoms with Gasteiger partial charge < -0.3 is 14.3 Å². The third-order valence-electron chi connectivity index (χ3n) is 8.68. The van der Waals surface area contributed by atoms with Gasteiger partial charge >= 0.3 is 0 Å². The second kappa shape index (κ2) is 9.10. The van der Waals surface area contributed by atoms with Crippen molar-refractivity contribution in [2.45, 2.75) is 12.3 Å². The fourth-order valence-electron chi connectivity index (χ4n) is 6.76. The molecule has 3 heterocycles. The van der Waals surface area contributed by atoms with Crippen molar-refractivity contribution in [2.24, 2.45) is 0 Å². The number of hydrogen-bond acceptors (Lipinski definition) is 3. The summed E-state index contributed by atoms with van der Waals surface area (Å²) in [7, 11) is 0. The molecular formula is C38H27N3O. The number of rotatable bonds is 3. The maximum absolute atomic E-state index is 6.52. The van der Waals surface area contributed by atoms with Gasteiger partial charge in [0, 0.05) is 21.7 Å². The van der Waals surface area contributed by atoms with Crippen molar-refractivity contribution in [3.63, 3.8) is 0 Å². The molecule has 4 heteroatoms. The molecule has 2 atom stereocenters. The van der Waals surface area contributed by atoms with Gasteiger partial charge in [0.2, 0.25) is 5.88 Å². The highest BCUT2D eigenvalue weighted by Crippen LogP contribution is 2.44. The number of para-hydroxylation sites is 2. The van der Waals surface area contributed by atoms with Crippen LogP contribution < -0.4 is 10.6 Å². The van der Waals surface area contributed by atoms with E-state index >= 15 is 0 Å². The van der Waals surface area contributed by atoms with E-state index in [1.54, 1.807) is 0 Å². The Morgan fingerprint density at radius 3 is 2.14 bits per heavy atom. The summed E-state index contributed by atoms with van der Waals surface area (Å²) in [5, 5.41) is 13.8. The molecule has 9 rings (SSSR count). The molecule has 0 amide bonds. The zero-order valence-corrected chi connectivity index (χ0v) is 22.8. The summed E-state index contributed by atoms with van der Waals surface area (Å²) < 4.78 is 8.91. The highest BCUT2D eigenvalue weighted by atomic mass is 16.4. The lowest BCUT2D eigenvalue weighted by molar-refractivity contribution is 0.400. The van der Waals surface area contributed by atoms with Gasteiger partial charge in [0.05, 0.1) is 17.1 Å². The van der Waals surface area contributed by atoms with Crippen LogP contribution in [0.2, 0.25) is 0 Å². The van der Waals surface area contributed by atoms with Gasteiger partial charge in [0.1, 0.15) is 5.58 Å². The van der Waals surface area contributed by atoms with E-state index in [4.69, 9.17) is 4.42 Å². The first-order valence-corrected chi connectivity index (χ1v) is 14.4. The van der Waals surface area contributed by atoms with Gasteiger partial charge in [0.15, 0.2) is 6.29 Å². The first-order chi connectivity index (χ1) is 20.8. The summed E-state index contributed by atoms with van der Waals surface area (Å²) in [4.78, 5) is 0. The van der Waals surface area contributed by atoms with Crippen LogP contribution in [0.5, 0.6) is 0 Å². The number of benzene rings is 6. The standard InChI is InChI=1S/C38H27N3O/c1-2-11-24(12-3-1)25-15-10-16-28(21-25)36-35-30-18-7-9-20-34(30)42-37(35)40-38(39-36)41-32-19-8-6-17-29(32)31-22-26-13-4-5-14-27(26)23-33(31)41/h1-23,36,38-40H. The molecule has 2 aromatic heterocycles. The third kappa shape index (κ3) is 3.52. The van der Waals surface area contributed by atoms with Crippen LogP contribution in [0, 0.1) is 0 Å². The Labute approximate surface area is 242 Å². The number of anilines is 1. The Hall–Kier alpha value is -5.32. The average molecular weight is 542 g/mol. The number of hydrogen-bond donors (Lipinski definition) is 2. The molecule has 8 aromatic rings. The molecule has 2 N–H and O–H groups in total. The molecule has 1 aliphatic heterocycles. The van der Waals surface area contributed by atoms with Crippen molar-refractivity contribution in [3.8, 4) is 11.1 Å². The third-order valence-corrected chi connectivity index (χ3v) is 8.68. The van der Waals surface area contributed by atoms with E-state index < -0.39 is 0 Å². The van der Waals surface area contributed by atoms with Crippen LogP contribution in [0.1, 0.15) is 23.5 Å². The maximum atomic E-state index is 6.52. The molecule has 1 aliphatic rings. The lowest BCUT2D eigenvalue weighted by Gasteiger charge is -2.34. The fraction of sp³-hybridized carbons (Fsp3) is 0.0526. The molecule has 2 unspecified atom stereocenters. The molecule has 0 bridgehead atoms. The molecule has 0 saturated carbocycles. The zero-order chi connectivity index (χ0) is 27.6. The van der Waals surface area contributed by atoms with Crippen molar-refractivity contribution >= 4 is 49.4 Å². The summed E-state index contributed by atoms with van der Waals surface area (Å²) >= 11 is 0. The molecule has 0 radical (unpaired) electrons. The predicted octanol–water partition coefficient (Wildman–Crippen LogP) is 9.62. The minimum atomic E-state index is -0.244. The lowest BCUT2D eigenvalue weighted by Crippen LogP contribution is -2.40. The molecule has 200 valence electrons. The van der Waals surface area contributed by atoms with Crippen LogP contribution in [0.3, 0.4) is 0 Å². The van der Waals surface area contributed by atoms with E-state index in [0.717, 1.165) is 22.4 Å². The highest BCUT2D eigenvalue weighted by molar-refractivity contribution is 6.12. The normalized spacial score (nSPS) is 16.7. The zero-order valence-electron chi connectivity index (χ0n) is 22.8. The van der Waals surface area contributed by atoms with Crippen molar-refractivity contribution in [1.82, 2.24) is 9.88 Å².